The summed E-state index contributed by atoms with van der Waals surface area (Å²) in [6.45, 7) is 3.43. The number of nitrogens with one attached hydrogen (secondary N) is 1. The molecule has 0 aliphatic rings. The van der Waals surface area contributed by atoms with Crippen LogP contribution in [0.1, 0.15) is 31.4 Å². The normalized spacial score (nSPS) is 12.7. The Morgan fingerprint density at radius 2 is 1.62 bits per heavy atom. The number of hydrogen-bond acceptors (Lipinski definition) is 5. The lowest BCUT2D eigenvalue weighted by molar-refractivity contribution is -0.140. The zero-order chi connectivity index (χ0) is 29.3. The summed E-state index contributed by atoms with van der Waals surface area (Å²) < 4.78 is 31.9. The lowest BCUT2D eigenvalue weighted by atomic mass is 10.0. The molecule has 1 N–H and O–H groups in total. The Kier molecular flexibility index (Phi) is 11.0. The van der Waals surface area contributed by atoms with Crippen molar-refractivity contribution in [3.05, 3.63) is 95.0 Å². The number of methoxy groups -OCH3 is 1. The highest BCUT2D eigenvalue weighted by molar-refractivity contribution is 7.92. The number of carbonyl (C=O) groups is 2. The highest BCUT2D eigenvalue weighted by Gasteiger charge is 2.33. The number of anilines is 1. The van der Waals surface area contributed by atoms with Crippen LogP contribution in [-0.4, -0.2) is 57.1 Å². The number of rotatable bonds is 13. The number of benzene rings is 3. The van der Waals surface area contributed by atoms with Crippen molar-refractivity contribution in [1.82, 2.24) is 10.2 Å². The van der Waals surface area contributed by atoms with Crippen LogP contribution >= 0.6 is 11.6 Å². The Morgan fingerprint density at radius 3 is 2.20 bits per heavy atom. The first-order valence-electron chi connectivity index (χ1n) is 13.0. The third kappa shape index (κ3) is 8.72. The van der Waals surface area contributed by atoms with Gasteiger partial charge in [0.05, 0.1) is 19.1 Å². The van der Waals surface area contributed by atoms with Crippen LogP contribution in [0.5, 0.6) is 5.75 Å². The molecule has 0 radical (unpaired) electrons. The van der Waals surface area contributed by atoms with E-state index in [1.54, 1.807) is 42.5 Å². The molecule has 3 aromatic rings. The van der Waals surface area contributed by atoms with Gasteiger partial charge in [-0.3, -0.25) is 13.9 Å². The molecule has 0 saturated carbocycles. The molecule has 3 rings (SSSR count). The van der Waals surface area contributed by atoms with Crippen molar-refractivity contribution in [2.45, 2.75) is 45.3 Å². The van der Waals surface area contributed by atoms with E-state index in [4.69, 9.17) is 16.3 Å². The van der Waals surface area contributed by atoms with Crippen molar-refractivity contribution < 1.29 is 22.7 Å². The summed E-state index contributed by atoms with van der Waals surface area (Å²) in [5.74, 6) is -0.291. The Hall–Kier alpha value is -3.56. The molecular weight excluding hydrogens is 550 g/mol. The largest absolute Gasteiger partial charge is 0.497 e. The molecule has 214 valence electrons. The highest BCUT2D eigenvalue weighted by Crippen LogP contribution is 2.23. The van der Waals surface area contributed by atoms with Crippen LogP contribution in [0.15, 0.2) is 78.9 Å². The van der Waals surface area contributed by atoms with Gasteiger partial charge < -0.3 is 15.0 Å². The predicted molar refractivity (Wildman–Crippen MR) is 159 cm³/mol. The second-order valence-electron chi connectivity index (χ2n) is 9.64. The summed E-state index contributed by atoms with van der Waals surface area (Å²) in [5.41, 5.74) is 1.89. The van der Waals surface area contributed by atoms with E-state index in [-0.39, 0.29) is 24.9 Å². The first-order valence-corrected chi connectivity index (χ1v) is 15.2. The van der Waals surface area contributed by atoms with Gasteiger partial charge in [-0.25, -0.2) is 8.42 Å². The van der Waals surface area contributed by atoms with E-state index in [9.17, 15) is 18.0 Å². The molecule has 40 heavy (non-hydrogen) atoms. The van der Waals surface area contributed by atoms with Gasteiger partial charge in [0.2, 0.25) is 21.8 Å². The van der Waals surface area contributed by atoms with Gasteiger partial charge in [0, 0.05) is 24.0 Å². The van der Waals surface area contributed by atoms with Gasteiger partial charge in [-0.1, -0.05) is 61.0 Å². The summed E-state index contributed by atoms with van der Waals surface area (Å²) in [6.07, 6.45) is 2.01. The molecule has 0 bridgehead atoms. The summed E-state index contributed by atoms with van der Waals surface area (Å²) in [7, 11) is -2.34. The minimum absolute atomic E-state index is 0.0605. The fraction of sp³-hybridized carbons (Fsp3) is 0.333. The number of hydrogen-bond donors (Lipinski definition) is 1. The second-order valence-corrected chi connectivity index (χ2v) is 12.0. The molecule has 8 nitrogen and oxygen atoms in total. The van der Waals surface area contributed by atoms with Crippen LogP contribution in [0.3, 0.4) is 0 Å². The van der Waals surface area contributed by atoms with E-state index in [0.717, 1.165) is 16.1 Å². The number of carbonyl (C=O) groups excluding carboxylic acids is 2. The van der Waals surface area contributed by atoms with Crippen molar-refractivity contribution in [1.29, 1.82) is 0 Å². The molecule has 2 amide bonds. The van der Waals surface area contributed by atoms with Gasteiger partial charge in [-0.05, 0) is 60.9 Å². The van der Waals surface area contributed by atoms with Crippen LogP contribution in [0.2, 0.25) is 5.02 Å². The number of halogens is 1. The summed E-state index contributed by atoms with van der Waals surface area (Å²) in [5, 5.41) is 3.50. The van der Waals surface area contributed by atoms with Gasteiger partial charge >= 0.3 is 0 Å². The molecule has 0 heterocycles. The van der Waals surface area contributed by atoms with Gasteiger partial charge in [0.25, 0.3) is 0 Å². The Bertz CT molecular complexity index is 1380. The number of amides is 2. The van der Waals surface area contributed by atoms with E-state index in [2.05, 4.69) is 5.32 Å². The highest BCUT2D eigenvalue weighted by atomic mass is 35.5. The maximum absolute atomic E-state index is 14.1. The number of ether oxygens (including phenoxy) is 1. The summed E-state index contributed by atoms with van der Waals surface area (Å²) in [4.78, 5) is 29.2. The number of sulfonamides is 1. The summed E-state index contributed by atoms with van der Waals surface area (Å²) in [6, 6.07) is 21.8. The first kappa shape index (κ1) is 31.0. The van der Waals surface area contributed by atoms with Crippen LogP contribution in [0, 0.1) is 0 Å². The van der Waals surface area contributed by atoms with Crippen LogP contribution in [0.25, 0.3) is 0 Å². The average molecular weight is 586 g/mol. The fourth-order valence-electron chi connectivity index (χ4n) is 4.19. The van der Waals surface area contributed by atoms with Gasteiger partial charge in [0.15, 0.2) is 0 Å². The van der Waals surface area contributed by atoms with Crippen molar-refractivity contribution >= 4 is 39.1 Å². The molecule has 0 aliphatic carbocycles. The average Bonchev–Trinajstić information content (AvgIpc) is 2.93. The maximum Gasteiger partial charge on any atom is 0.244 e. The Balaban J connectivity index is 2.05. The summed E-state index contributed by atoms with van der Waals surface area (Å²) >= 11 is 6.24. The quantitative estimate of drug-likeness (QED) is 0.314. The van der Waals surface area contributed by atoms with E-state index in [1.165, 1.54) is 12.0 Å². The van der Waals surface area contributed by atoms with Crippen molar-refractivity contribution in [3.8, 4) is 5.75 Å². The predicted octanol–water partition coefficient (Wildman–Crippen LogP) is 4.67. The molecule has 0 aromatic heterocycles. The van der Waals surface area contributed by atoms with Crippen LogP contribution < -0.4 is 14.4 Å². The second kappa shape index (κ2) is 14.2. The third-order valence-corrected chi connectivity index (χ3v) is 7.93. The van der Waals surface area contributed by atoms with E-state index < -0.39 is 28.5 Å². The van der Waals surface area contributed by atoms with E-state index in [0.29, 0.717) is 28.4 Å². The zero-order valence-electron chi connectivity index (χ0n) is 23.2. The Labute approximate surface area is 241 Å². The molecule has 10 heteroatoms. The third-order valence-electron chi connectivity index (χ3n) is 6.55. The first-order chi connectivity index (χ1) is 19.0. The van der Waals surface area contributed by atoms with Gasteiger partial charge in [-0.15, -0.1) is 0 Å². The topological polar surface area (TPSA) is 96.0 Å². The van der Waals surface area contributed by atoms with E-state index in [1.807, 2.05) is 50.2 Å². The maximum atomic E-state index is 14.1. The molecule has 0 aliphatic heterocycles. The SMILES string of the molecule is CC[C@H](C)NC(=O)[C@H](Cc1ccccc1)N(Cc1cccc(Cl)c1)C(=O)CN(c1ccc(OC)cc1)S(C)(=O)=O. The van der Waals surface area contributed by atoms with Crippen LogP contribution in [-0.2, 0) is 32.6 Å². The minimum Gasteiger partial charge on any atom is -0.497 e. The van der Waals surface area contributed by atoms with Crippen LogP contribution in [0.4, 0.5) is 5.69 Å². The lowest BCUT2D eigenvalue weighted by Crippen LogP contribution is -2.54. The van der Waals surface area contributed by atoms with Crippen molar-refractivity contribution in [2.75, 3.05) is 24.2 Å². The van der Waals surface area contributed by atoms with Crippen molar-refractivity contribution in [2.24, 2.45) is 0 Å². The molecule has 0 saturated heterocycles. The molecule has 0 fully saturated rings. The lowest BCUT2D eigenvalue weighted by Gasteiger charge is -2.34. The molecular formula is C30H36ClN3O5S. The number of nitrogens with zero attached hydrogens (tertiary/aromatic N) is 2. The minimum atomic E-state index is -3.85. The standard InChI is InChI=1S/C30H36ClN3O5S/c1-5-22(2)32-30(36)28(19-23-10-7-6-8-11-23)33(20-24-12-9-13-25(31)18-24)29(35)21-34(40(4,37)38)26-14-16-27(39-3)17-15-26/h6-18,22,28H,5,19-21H2,1-4H3,(H,32,36)/t22-,28-/m0/s1. The van der Waals surface area contributed by atoms with Gasteiger partial charge in [0.1, 0.15) is 18.3 Å². The van der Waals surface area contributed by atoms with Gasteiger partial charge in [-0.2, -0.15) is 0 Å². The zero-order valence-corrected chi connectivity index (χ0v) is 24.8. The molecule has 2 atom stereocenters. The molecule has 0 unspecified atom stereocenters. The van der Waals surface area contributed by atoms with E-state index >= 15 is 0 Å². The molecule has 0 spiro atoms. The van der Waals surface area contributed by atoms with Crippen molar-refractivity contribution in [3.63, 3.8) is 0 Å². The Morgan fingerprint density at radius 1 is 0.975 bits per heavy atom. The fourth-order valence-corrected chi connectivity index (χ4v) is 5.25. The smallest absolute Gasteiger partial charge is 0.244 e. The monoisotopic (exact) mass is 585 g/mol. The molecule has 3 aromatic carbocycles.